The highest BCUT2D eigenvalue weighted by Crippen LogP contribution is 2.07. The van der Waals surface area contributed by atoms with E-state index in [0.717, 1.165) is 11.4 Å². The molecule has 0 unspecified atom stereocenters. The summed E-state index contributed by atoms with van der Waals surface area (Å²) in [4.78, 5) is 3.04. The van der Waals surface area contributed by atoms with Crippen molar-refractivity contribution in [3.63, 3.8) is 0 Å². The maximum absolute atomic E-state index is 8.65. The lowest BCUT2D eigenvalue weighted by atomic mass is 10.2. The van der Waals surface area contributed by atoms with Crippen LogP contribution < -0.4 is 5.73 Å². The second-order valence-corrected chi connectivity index (χ2v) is 2.39. The molecule has 0 fully saturated rings. The first-order chi connectivity index (χ1) is 4.74. The van der Waals surface area contributed by atoms with Gasteiger partial charge in [0.15, 0.2) is 0 Å². The largest absolute Gasteiger partial charge is 0.394 e. The molecule has 1 heterocycles. The molecule has 1 rings (SSSR count). The van der Waals surface area contributed by atoms with E-state index >= 15 is 0 Å². The van der Waals surface area contributed by atoms with Gasteiger partial charge in [-0.1, -0.05) is 0 Å². The molecule has 0 aliphatic rings. The molecule has 1 atom stereocenters. The van der Waals surface area contributed by atoms with Crippen LogP contribution in [0.4, 0.5) is 0 Å². The van der Waals surface area contributed by atoms with Crippen molar-refractivity contribution >= 4 is 0 Å². The minimum atomic E-state index is -0.270. The Morgan fingerprint density at radius 3 is 2.80 bits per heavy atom. The van der Waals surface area contributed by atoms with Crippen LogP contribution in [-0.2, 0) is 0 Å². The Kier molecular flexibility index (Phi) is 2.09. The van der Waals surface area contributed by atoms with Crippen molar-refractivity contribution in [3.8, 4) is 0 Å². The number of aromatic nitrogens is 1. The van der Waals surface area contributed by atoms with E-state index in [1.165, 1.54) is 0 Å². The first-order valence-electron chi connectivity index (χ1n) is 3.26. The first-order valence-corrected chi connectivity index (χ1v) is 3.26. The van der Waals surface area contributed by atoms with Gasteiger partial charge in [-0.25, -0.2) is 0 Å². The summed E-state index contributed by atoms with van der Waals surface area (Å²) in [6.07, 6.45) is 0. The molecule has 0 saturated heterocycles. The molecule has 56 valence electrons. The molecule has 10 heavy (non-hydrogen) atoms. The standard InChI is InChI=1S/C7H12N2O/c1-5-2-3-7(9-5)6(8)4-10/h2-3,6,9-10H,4,8H2,1H3/t6-/m0/s1. The highest BCUT2D eigenvalue weighted by molar-refractivity contribution is 5.14. The van der Waals surface area contributed by atoms with Crippen LogP contribution in [0, 0.1) is 6.92 Å². The summed E-state index contributed by atoms with van der Waals surface area (Å²) in [5.41, 5.74) is 7.48. The molecule has 0 amide bonds. The van der Waals surface area contributed by atoms with Crippen molar-refractivity contribution < 1.29 is 5.11 Å². The molecular weight excluding hydrogens is 128 g/mol. The van der Waals surface area contributed by atoms with Gasteiger partial charge in [-0.2, -0.15) is 0 Å². The molecule has 1 aromatic rings. The summed E-state index contributed by atoms with van der Waals surface area (Å²) < 4.78 is 0. The summed E-state index contributed by atoms with van der Waals surface area (Å²) in [5.74, 6) is 0. The van der Waals surface area contributed by atoms with Crippen LogP contribution >= 0.6 is 0 Å². The van der Waals surface area contributed by atoms with Gasteiger partial charge in [-0.05, 0) is 19.1 Å². The number of H-pyrrole nitrogens is 1. The van der Waals surface area contributed by atoms with Crippen molar-refractivity contribution in [3.05, 3.63) is 23.5 Å². The van der Waals surface area contributed by atoms with E-state index in [4.69, 9.17) is 10.8 Å². The minimum Gasteiger partial charge on any atom is -0.394 e. The van der Waals surface area contributed by atoms with Gasteiger partial charge in [0.25, 0.3) is 0 Å². The quantitative estimate of drug-likeness (QED) is 0.553. The molecule has 3 heteroatoms. The Morgan fingerprint density at radius 1 is 1.70 bits per heavy atom. The van der Waals surface area contributed by atoms with Crippen LogP contribution in [0.1, 0.15) is 17.4 Å². The van der Waals surface area contributed by atoms with Crippen LogP contribution in [0.5, 0.6) is 0 Å². The Balaban J connectivity index is 2.74. The molecular formula is C7H12N2O. The second kappa shape index (κ2) is 2.86. The molecule has 1 aromatic heterocycles. The number of aromatic amines is 1. The lowest BCUT2D eigenvalue weighted by Crippen LogP contribution is -2.14. The molecule has 4 N–H and O–H groups in total. The van der Waals surface area contributed by atoms with Gasteiger partial charge < -0.3 is 15.8 Å². The maximum Gasteiger partial charge on any atom is 0.0682 e. The predicted octanol–water partition coefficient (Wildman–Crippen LogP) is 0.315. The molecule has 0 bridgehead atoms. The van der Waals surface area contributed by atoms with Crippen LogP contribution in [0.25, 0.3) is 0 Å². The normalized spacial score (nSPS) is 13.5. The SMILES string of the molecule is Cc1ccc([C@@H](N)CO)[nH]1. The first kappa shape index (κ1) is 7.31. The summed E-state index contributed by atoms with van der Waals surface area (Å²) in [5, 5.41) is 8.65. The average molecular weight is 140 g/mol. The minimum absolute atomic E-state index is 0.0139. The lowest BCUT2D eigenvalue weighted by Gasteiger charge is -2.03. The van der Waals surface area contributed by atoms with Gasteiger partial charge >= 0.3 is 0 Å². The van der Waals surface area contributed by atoms with E-state index in [-0.39, 0.29) is 12.6 Å². The predicted molar refractivity (Wildman–Crippen MR) is 39.5 cm³/mol. The summed E-state index contributed by atoms with van der Waals surface area (Å²) in [6.45, 7) is 1.94. The third-order valence-corrected chi connectivity index (χ3v) is 1.45. The van der Waals surface area contributed by atoms with Crippen molar-refractivity contribution in [2.75, 3.05) is 6.61 Å². The van der Waals surface area contributed by atoms with Gasteiger partial charge in [0.05, 0.1) is 12.6 Å². The Bertz CT molecular complexity index is 207. The zero-order valence-electron chi connectivity index (χ0n) is 5.96. The monoisotopic (exact) mass is 140 g/mol. The van der Waals surface area contributed by atoms with Gasteiger partial charge in [0.1, 0.15) is 0 Å². The van der Waals surface area contributed by atoms with Crippen LogP contribution in [0.2, 0.25) is 0 Å². The molecule has 0 spiro atoms. The summed E-state index contributed by atoms with van der Waals surface area (Å²) in [6, 6.07) is 3.55. The average Bonchev–Trinajstić information content (AvgIpc) is 2.34. The maximum atomic E-state index is 8.65. The third-order valence-electron chi connectivity index (χ3n) is 1.45. The Morgan fingerprint density at radius 2 is 2.40 bits per heavy atom. The Hall–Kier alpha value is -0.800. The number of nitrogens with one attached hydrogen (secondary N) is 1. The smallest absolute Gasteiger partial charge is 0.0682 e. The van der Waals surface area contributed by atoms with E-state index in [1.807, 2.05) is 19.1 Å². The summed E-state index contributed by atoms with van der Waals surface area (Å²) >= 11 is 0. The number of hydrogen-bond acceptors (Lipinski definition) is 2. The molecule has 0 aliphatic carbocycles. The lowest BCUT2D eigenvalue weighted by molar-refractivity contribution is 0.266. The Labute approximate surface area is 59.9 Å². The van der Waals surface area contributed by atoms with Crippen molar-refractivity contribution in [1.29, 1.82) is 0 Å². The summed E-state index contributed by atoms with van der Waals surface area (Å²) in [7, 11) is 0. The highest BCUT2D eigenvalue weighted by Gasteiger charge is 2.03. The fourth-order valence-corrected chi connectivity index (χ4v) is 0.840. The van der Waals surface area contributed by atoms with E-state index < -0.39 is 0 Å². The fraction of sp³-hybridized carbons (Fsp3) is 0.429. The zero-order chi connectivity index (χ0) is 7.56. The molecule has 0 aromatic carbocycles. The fourth-order valence-electron chi connectivity index (χ4n) is 0.840. The van der Waals surface area contributed by atoms with E-state index in [2.05, 4.69) is 4.98 Å². The van der Waals surface area contributed by atoms with Crippen molar-refractivity contribution in [1.82, 2.24) is 4.98 Å². The number of aliphatic hydroxyl groups excluding tert-OH is 1. The van der Waals surface area contributed by atoms with E-state index in [9.17, 15) is 0 Å². The van der Waals surface area contributed by atoms with Crippen molar-refractivity contribution in [2.24, 2.45) is 5.73 Å². The second-order valence-electron chi connectivity index (χ2n) is 2.39. The third kappa shape index (κ3) is 1.37. The van der Waals surface area contributed by atoms with Crippen LogP contribution in [0.15, 0.2) is 12.1 Å². The number of nitrogens with two attached hydrogens (primary N) is 1. The van der Waals surface area contributed by atoms with E-state index in [0.29, 0.717) is 0 Å². The van der Waals surface area contributed by atoms with Crippen LogP contribution in [0.3, 0.4) is 0 Å². The number of rotatable bonds is 2. The van der Waals surface area contributed by atoms with Gasteiger partial charge in [0, 0.05) is 11.4 Å². The van der Waals surface area contributed by atoms with E-state index in [1.54, 1.807) is 0 Å². The topological polar surface area (TPSA) is 62.0 Å². The molecule has 0 saturated carbocycles. The molecule has 3 nitrogen and oxygen atoms in total. The zero-order valence-corrected chi connectivity index (χ0v) is 5.96. The van der Waals surface area contributed by atoms with Gasteiger partial charge in [-0.15, -0.1) is 0 Å². The number of hydrogen-bond donors (Lipinski definition) is 3. The van der Waals surface area contributed by atoms with Crippen molar-refractivity contribution in [2.45, 2.75) is 13.0 Å². The van der Waals surface area contributed by atoms with Gasteiger partial charge in [0.2, 0.25) is 0 Å². The number of aryl methyl sites for hydroxylation is 1. The molecule has 0 aliphatic heterocycles. The highest BCUT2D eigenvalue weighted by atomic mass is 16.3. The number of aliphatic hydroxyl groups is 1. The molecule has 0 radical (unpaired) electrons. The van der Waals surface area contributed by atoms with Crippen LogP contribution in [-0.4, -0.2) is 16.7 Å². The van der Waals surface area contributed by atoms with Gasteiger partial charge in [-0.3, -0.25) is 0 Å².